The highest BCUT2D eigenvalue weighted by molar-refractivity contribution is 6.30. The first-order valence-corrected chi connectivity index (χ1v) is 13.3. The van der Waals surface area contributed by atoms with Crippen LogP contribution in [0.3, 0.4) is 0 Å². The Labute approximate surface area is 241 Å². The third-order valence-electron chi connectivity index (χ3n) is 5.68. The number of piperazine rings is 1. The number of hydrogen-bond acceptors (Lipinski definition) is 6. The first kappa shape index (κ1) is 33.7. The van der Waals surface area contributed by atoms with Crippen LogP contribution in [0.25, 0.3) is 0 Å². The maximum Gasteiger partial charge on any atom is 0.490 e. The standard InChI is InChI=1S/C25H33ClN4O4.C2HF3O2/c1-2-33-17-4-11-27-25(28-22-6-3-5-20(19-22)24(31)32)30-14-12-29(13-15-30)16-18-34-23-9-7-21(26)8-10-23;3-2(4,5)1(6)7/h3,5-10,19H,2,4,11-18H2,1H3,(H,27,28)(H,31,32);(H,6,7). The predicted molar refractivity (Wildman–Crippen MR) is 149 cm³/mol. The van der Waals surface area contributed by atoms with Crippen molar-refractivity contribution >= 4 is 35.2 Å². The number of aliphatic carboxylic acids is 1. The second-order valence-electron chi connectivity index (χ2n) is 8.70. The number of alkyl halides is 3. The molecule has 0 unspecified atom stereocenters. The van der Waals surface area contributed by atoms with Crippen molar-refractivity contribution < 1.29 is 42.4 Å². The third kappa shape index (κ3) is 13.1. The number of carbonyl (C=O) groups is 2. The molecule has 0 aliphatic carbocycles. The summed E-state index contributed by atoms with van der Waals surface area (Å²) in [5.41, 5.74) is 0.952. The van der Waals surface area contributed by atoms with Gasteiger partial charge in [-0.2, -0.15) is 13.2 Å². The zero-order valence-corrected chi connectivity index (χ0v) is 23.3. The average Bonchev–Trinajstić information content (AvgIpc) is 2.94. The maximum atomic E-state index is 11.3. The van der Waals surface area contributed by atoms with E-state index in [1.54, 1.807) is 18.2 Å². The fraction of sp³-hybridized carbons (Fsp3) is 0.444. The van der Waals surface area contributed by atoms with Gasteiger partial charge in [-0.15, -0.1) is 0 Å². The van der Waals surface area contributed by atoms with Crippen LogP contribution < -0.4 is 10.1 Å². The number of carboxylic acids is 2. The Kier molecular flexibility index (Phi) is 14.2. The molecular formula is C27H34ClF3N4O6. The SMILES string of the molecule is CCOCCCN=C(Nc1cccc(C(=O)O)c1)N1CCN(CCOc2ccc(Cl)cc2)CC1.O=C(O)C(F)(F)F. The summed E-state index contributed by atoms with van der Waals surface area (Å²) in [4.78, 5) is 29.6. The molecule has 1 aliphatic heterocycles. The monoisotopic (exact) mass is 602 g/mol. The molecule has 0 radical (unpaired) electrons. The number of aliphatic imine (C=N–C) groups is 1. The van der Waals surface area contributed by atoms with E-state index in [4.69, 9.17) is 36.0 Å². The average molecular weight is 603 g/mol. The van der Waals surface area contributed by atoms with Crippen LogP contribution in [-0.4, -0.2) is 103 Å². The Balaban J connectivity index is 0.000000745. The first-order chi connectivity index (χ1) is 19.5. The molecule has 0 amide bonds. The van der Waals surface area contributed by atoms with Gasteiger partial charge in [-0.1, -0.05) is 17.7 Å². The molecule has 2 aromatic rings. The van der Waals surface area contributed by atoms with Crippen molar-refractivity contribution in [1.29, 1.82) is 0 Å². The van der Waals surface area contributed by atoms with Gasteiger partial charge in [0.25, 0.3) is 0 Å². The molecule has 14 heteroatoms. The van der Waals surface area contributed by atoms with Gasteiger partial charge in [-0.3, -0.25) is 9.89 Å². The van der Waals surface area contributed by atoms with Gasteiger partial charge in [0.2, 0.25) is 0 Å². The Morgan fingerprint density at radius 1 is 1.05 bits per heavy atom. The summed E-state index contributed by atoms with van der Waals surface area (Å²) in [6.45, 7) is 8.84. The van der Waals surface area contributed by atoms with Gasteiger partial charge in [0.15, 0.2) is 5.96 Å². The summed E-state index contributed by atoms with van der Waals surface area (Å²) in [5.74, 6) is -2.13. The van der Waals surface area contributed by atoms with E-state index < -0.39 is 18.1 Å². The van der Waals surface area contributed by atoms with Crippen molar-refractivity contribution in [3.05, 3.63) is 59.1 Å². The molecule has 0 spiro atoms. The number of benzene rings is 2. The van der Waals surface area contributed by atoms with E-state index in [-0.39, 0.29) is 5.56 Å². The van der Waals surface area contributed by atoms with E-state index in [0.29, 0.717) is 37.1 Å². The van der Waals surface area contributed by atoms with Crippen molar-refractivity contribution in [2.75, 3.05) is 64.4 Å². The highest BCUT2D eigenvalue weighted by Gasteiger charge is 2.38. The van der Waals surface area contributed by atoms with E-state index in [2.05, 4.69) is 15.1 Å². The number of guanidine groups is 1. The van der Waals surface area contributed by atoms with Crippen LogP contribution in [0.2, 0.25) is 5.02 Å². The van der Waals surface area contributed by atoms with Crippen molar-refractivity contribution in [3.8, 4) is 5.75 Å². The number of nitrogens with one attached hydrogen (secondary N) is 1. The van der Waals surface area contributed by atoms with Gasteiger partial charge in [-0.25, -0.2) is 9.59 Å². The second-order valence-corrected chi connectivity index (χ2v) is 9.14. The Bertz CT molecular complexity index is 1130. The number of rotatable bonds is 11. The molecule has 10 nitrogen and oxygen atoms in total. The van der Waals surface area contributed by atoms with Gasteiger partial charge in [0.1, 0.15) is 12.4 Å². The van der Waals surface area contributed by atoms with Crippen LogP contribution in [0.1, 0.15) is 23.7 Å². The van der Waals surface area contributed by atoms with E-state index in [1.165, 1.54) is 0 Å². The molecule has 3 N–H and O–H groups in total. The van der Waals surface area contributed by atoms with Crippen molar-refractivity contribution in [1.82, 2.24) is 9.80 Å². The topological polar surface area (TPSA) is 124 Å². The normalized spacial score (nSPS) is 14.2. The van der Waals surface area contributed by atoms with Gasteiger partial charge in [-0.05, 0) is 55.8 Å². The fourth-order valence-electron chi connectivity index (χ4n) is 3.58. The molecule has 41 heavy (non-hydrogen) atoms. The maximum absolute atomic E-state index is 11.3. The summed E-state index contributed by atoms with van der Waals surface area (Å²) in [6, 6.07) is 14.2. The van der Waals surface area contributed by atoms with Crippen molar-refractivity contribution in [2.45, 2.75) is 19.5 Å². The summed E-state index contributed by atoms with van der Waals surface area (Å²) in [6.07, 6.45) is -4.25. The first-order valence-electron chi connectivity index (χ1n) is 12.9. The number of aromatic carboxylic acids is 1. The minimum atomic E-state index is -5.08. The molecule has 0 aromatic heterocycles. The summed E-state index contributed by atoms with van der Waals surface area (Å²) >= 11 is 5.92. The summed E-state index contributed by atoms with van der Waals surface area (Å²) in [5, 5.41) is 20.5. The molecular weight excluding hydrogens is 569 g/mol. The van der Waals surface area contributed by atoms with Gasteiger partial charge >= 0.3 is 18.1 Å². The predicted octanol–water partition coefficient (Wildman–Crippen LogP) is 4.56. The number of ether oxygens (including phenoxy) is 2. The zero-order valence-electron chi connectivity index (χ0n) is 22.6. The number of hydrogen-bond donors (Lipinski definition) is 3. The number of halogens is 4. The number of anilines is 1. The lowest BCUT2D eigenvalue weighted by atomic mass is 10.2. The number of carboxylic acid groups (broad SMARTS) is 2. The summed E-state index contributed by atoms with van der Waals surface area (Å²) < 4.78 is 43.0. The van der Waals surface area contributed by atoms with Gasteiger partial charge in [0.05, 0.1) is 5.56 Å². The van der Waals surface area contributed by atoms with Crippen LogP contribution in [0.15, 0.2) is 53.5 Å². The Hall–Kier alpha value is -3.55. The van der Waals surface area contributed by atoms with Crippen LogP contribution in [0, 0.1) is 0 Å². The van der Waals surface area contributed by atoms with E-state index in [9.17, 15) is 23.1 Å². The van der Waals surface area contributed by atoms with E-state index in [1.807, 2.05) is 37.3 Å². The van der Waals surface area contributed by atoms with E-state index in [0.717, 1.165) is 50.9 Å². The highest BCUT2D eigenvalue weighted by Crippen LogP contribution is 2.16. The fourth-order valence-corrected chi connectivity index (χ4v) is 3.71. The van der Waals surface area contributed by atoms with Crippen molar-refractivity contribution in [2.24, 2.45) is 4.99 Å². The molecule has 2 aromatic carbocycles. The molecule has 1 aliphatic rings. The van der Waals surface area contributed by atoms with Crippen LogP contribution in [0.4, 0.5) is 18.9 Å². The summed E-state index contributed by atoms with van der Waals surface area (Å²) in [7, 11) is 0. The van der Waals surface area contributed by atoms with E-state index >= 15 is 0 Å². The van der Waals surface area contributed by atoms with Crippen LogP contribution in [0.5, 0.6) is 5.75 Å². The third-order valence-corrected chi connectivity index (χ3v) is 5.93. The molecule has 0 atom stereocenters. The lowest BCUT2D eigenvalue weighted by Gasteiger charge is -2.36. The zero-order chi connectivity index (χ0) is 30.3. The molecule has 0 bridgehead atoms. The van der Waals surface area contributed by atoms with Gasteiger partial charge < -0.3 is 29.9 Å². The van der Waals surface area contributed by atoms with Crippen molar-refractivity contribution in [3.63, 3.8) is 0 Å². The largest absolute Gasteiger partial charge is 0.492 e. The highest BCUT2D eigenvalue weighted by atomic mass is 35.5. The molecule has 1 fully saturated rings. The number of nitrogens with zero attached hydrogens (tertiary/aromatic N) is 3. The van der Waals surface area contributed by atoms with Crippen LogP contribution in [-0.2, 0) is 9.53 Å². The second kappa shape index (κ2) is 17.3. The Morgan fingerprint density at radius 3 is 2.29 bits per heavy atom. The Morgan fingerprint density at radius 2 is 1.71 bits per heavy atom. The minimum Gasteiger partial charge on any atom is -0.492 e. The lowest BCUT2D eigenvalue weighted by Crippen LogP contribution is -2.51. The molecule has 0 saturated carbocycles. The molecule has 3 rings (SSSR count). The minimum absolute atomic E-state index is 0.242. The molecule has 1 saturated heterocycles. The quantitative estimate of drug-likeness (QED) is 0.193. The van der Waals surface area contributed by atoms with Gasteiger partial charge in [0, 0.05) is 63.2 Å². The smallest absolute Gasteiger partial charge is 0.490 e. The molecule has 226 valence electrons. The van der Waals surface area contributed by atoms with Crippen LogP contribution >= 0.6 is 11.6 Å². The molecule has 1 heterocycles. The lowest BCUT2D eigenvalue weighted by molar-refractivity contribution is -0.192.